The lowest BCUT2D eigenvalue weighted by atomic mass is 9.95. The number of carbonyl (C=O) groups excluding carboxylic acids is 1. The van der Waals surface area contributed by atoms with Gasteiger partial charge in [-0.25, -0.2) is 0 Å². The first-order chi connectivity index (χ1) is 9.11. The zero-order valence-electron chi connectivity index (χ0n) is 11.0. The summed E-state index contributed by atoms with van der Waals surface area (Å²) in [6.45, 7) is 2.55. The Kier molecular flexibility index (Phi) is 4.58. The number of hydrogen-bond donors (Lipinski definition) is 2. The average molecular weight is 281 g/mol. The Morgan fingerprint density at radius 3 is 2.74 bits per heavy atom. The third kappa shape index (κ3) is 3.35. The summed E-state index contributed by atoms with van der Waals surface area (Å²) < 4.78 is 0. The van der Waals surface area contributed by atoms with Gasteiger partial charge < -0.3 is 10.4 Å². The topological polar surface area (TPSA) is 66.4 Å². The summed E-state index contributed by atoms with van der Waals surface area (Å²) in [5, 5.41) is 14.0. The summed E-state index contributed by atoms with van der Waals surface area (Å²) in [5.41, 5.74) is 0. The van der Waals surface area contributed by atoms with Gasteiger partial charge in [0, 0.05) is 4.88 Å². The van der Waals surface area contributed by atoms with Gasteiger partial charge in [0.2, 0.25) is 5.91 Å². The number of nitrogens with one attached hydrogen (secondary N) is 1. The molecule has 104 valence electrons. The van der Waals surface area contributed by atoms with Crippen LogP contribution in [0.15, 0.2) is 17.5 Å². The molecule has 2 N–H and O–H groups in total. The van der Waals surface area contributed by atoms with E-state index in [4.69, 9.17) is 0 Å². The molecule has 1 aliphatic carbocycles. The lowest BCUT2D eigenvalue weighted by Crippen LogP contribution is -2.34. The normalized spacial score (nSPS) is 26.3. The minimum atomic E-state index is -0.841. The zero-order valence-corrected chi connectivity index (χ0v) is 11.8. The standard InChI is InChI=1S/C14H19NO3S/c1-2-9-6-11(12(7-9)14(17)18)13(16)15-8-10-4-3-5-19-10/h3-5,9,11-12H,2,6-8H2,1H3,(H,15,16)(H,17,18). The molecule has 0 aromatic carbocycles. The van der Waals surface area contributed by atoms with E-state index < -0.39 is 11.9 Å². The fraction of sp³-hybridized carbons (Fsp3) is 0.571. The molecule has 1 amide bonds. The highest BCUT2D eigenvalue weighted by Gasteiger charge is 2.41. The molecule has 1 aliphatic rings. The fourth-order valence-corrected chi connectivity index (χ4v) is 3.40. The predicted molar refractivity (Wildman–Crippen MR) is 73.8 cm³/mol. The smallest absolute Gasteiger partial charge is 0.307 e. The number of carboxylic acids is 1. The molecule has 19 heavy (non-hydrogen) atoms. The Hall–Kier alpha value is -1.36. The Morgan fingerprint density at radius 2 is 2.16 bits per heavy atom. The number of aliphatic carboxylic acids is 1. The van der Waals surface area contributed by atoms with Gasteiger partial charge in [0.1, 0.15) is 0 Å². The van der Waals surface area contributed by atoms with Crippen LogP contribution >= 0.6 is 11.3 Å². The Labute approximate surface area is 116 Å². The molecule has 1 fully saturated rings. The maximum atomic E-state index is 12.1. The molecule has 0 aliphatic heterocycles. The summed E-state index contributed by atoms with van der Waals surface area (Å²) in [5.74, 6) is -1.49. The summed E-state index contributed by atoms with van der Waals surface area (Å²) in [4.78, 5) is 24.5. The largest absolute Gasteiger partial charge is 0.481 e. The number of hydrogen-bond acceptors (Lipinski definition) is 3. The number of amides is 1. The van der Waals surface area contributed by atoms with Crippen molar-refractivity contribution in [2.75, 3.05) is 0 Å². The molecule has 1 saturated carbocycles. The van der Waals surface area contributed by atoms with Crippen LogP contribution in [0.1, 0.15) is 31.1 Å². The molecule has 3 unspecified atom stereocenters. The van der Waals surface area contributed by atoms with Crippen LogP contribution in [0.5, 0.6) is 0 Å². The third-order valence-electron chi connectivity index (χ3n) is 3.91. The Morgan fingerprint density at radius 1 is 1.42 bits per heavy atom. The first-order valence-electron chi connectivity index (χ1n) is 6.64. The molecule has 0 radical (unpaired) electrons. The van der Waals surface area contributed by atoms with Crippen molar-refractivity contribution < 1.29 is 14.7 Å². The maximum Gasteiger partial charge on any atom is 0.307 e. The van der Waals surface area contributed by atoms with Gasteiger partial charge in [-0.1, -0.05) is 19.4 Å². The number of carbonyl (C=O) groups is 2. The molecular weight excluding hydrogens is 262 g/mol. The summed E-state index contributed by atoms with van der Waals surface area (Å²) in [6, 6.07) is 3.90. The van der Waals surface area contributed by atoms with Crippen LogP contribution in [-0.2, 0) is 16.1 Å². The minimum Gasteiger partial charge on any atom is -0.481 e. The van der Waals surface area contributed by atoms with Crippen molar-refractivity contribution in [2.24, 2.45) is 17.8 Å². The molecule has 0 spiro atoms. The molecule has 1 aromatic heterocycles. The molecule has 5 heteroatoms. The van der Waals surface area contributed by atoms with Gasteiger partial charge in [0.25, 0.3) is 0 Å². The van der Waals surface area contributed by atoms with E-state index in [2.05, 4.69) is 12.2 Å². The second-order valence-corrected chi connectivity index (χ2v) is 6.13. The van der Waals surface area contributed by atoms with Crippen LogP contribution in [0.2, 0.25) is 0 Å². The summed E-state index contributed by atoms with van der Waals surface area (Å²) in [7, 11) is 0. The first-order valence-corrected chi connectivity index (χ1v) is 7.52. The van der Waals surface area contributed by atoms with Crippen LogP contribution in [0.3, 0.4) is 0 Å². The molecule has 0 bridgehead atoms. The second-order valence-electron chi connectivity index (χ2n) is 5.09. The van der Waals surface area contributed by atoms with Crippen molar-refractivity contribution in [3.05, 3.63) is 22.4 Å². The molecular formula is C14H19NO3S. The fourth-order valence-electron chi connectivity index (χ4n) is 2.76. The van der Waals surface area contributed by atoms with E-state index in [-0.39, 0.29) is 11.8 Å². The number of rotatable bonds is 5. The van der Waals surface area contributed by atoms with E-state index in [9.17, 15) is 14.7 Å². The van der Waals surface area contributed by atoms with Crippen LogP contribution in [0.25, 0.3) is 0 Å². The van der Waals surface area contributed by atoms with Crippen molar-refractivity contribution in [3.8, 4) is 0 Å². The van der Waals surface area contributed by atoms with Crippen LogP contribution in [0.4, 0.5) is 0 Å². The van der Waals surface area contributed by atoms with Gasteiger partial charge in [0.15, 0.2) is 0 Å². The van der Waals surface area contributed by atoms with Gasteiger partial charge >= 0.3 is 5.97 Å². The van der Waals surface area contributed by atoms with Crippen LogP contribution in [0, 0.1) is 17.8 Å². The molecule has 1 heterocycles. The quantitative estimate of drug-likeness (QED) is 0.871. The molecule has 0 saturated heterocycles. The van der Waals surface area contributed by atoms with E-state index in [0.29, 0.717) is 25.3 Å². The van der Waals surface area contributed by atoms with Crippen molar-refractivity contribution in [1.29, 1.82) is 0 Å². The number of thiophene rings is 1. The van der Waals surface area contributed by atoms with Crippen molar-refractivity contribution in [3.63, 3.8) is 0 Å². The molecule has 4 nitrogen and oxygen atoms in total. The van der Waals surface area contributed by atoms with Crippen molar-refractivity contribution in [1.82, 2.24) is 5.32 Å². The first kappa shape index (κ1) is 14.1. The Balaban J connectivity index is 1.94. The van der Waals surface area contributed by atoms with Gasteiger partial charge in [-0.2, -0.15) is 0 Å². The van der Waals surface area contributed by atoms with Crippen LogP contribution in [-0.4, -0.2) is 17.0 Å². The second kappa shape index (κ2) is 6.19. The summed E-state index contributed by atoms with van der Waals surface area (Å²) >= 11 is 1.59. The highest BCUT2D eigenvalue weighted by atomic mass is 32.1. The van der Waals surface area contributed by atoms with E-state index >= 15 is 0 Å². The molecule has 2 rings (SSSR count). The van der Waals surface area contributed by atoms with Gasteiger partial charge in [-0.05, 0) is 30.2 Å². The SMILES string of the molecule is CCC1CC(C(=O)O)C(C(=O)NCc2cccs2)C1. The average Bonchev–Trinajstić information content (AvgIpc) is 3.04. The molecule has 3 atom stereocenters. The van der Waals surface area contributed by atoms with Crippen molar-refractivity contribution in [2.45, 2.75) is 32.7 Å². The Bertz CT molecular complexity index is 444. The van der Waals surface area contributed by atoms with Crippen molar-refractivity contribution >= 4 is 23.2 Å². The van der Waals surface area contributed by atoms with Gasteiger partial charge in [0.05, 0.1) is 18.4 Å². The number of carboxylic acid groups (broad SMARTS) is 1. The van der Waals surface area contributed by atoms with E-state index in [0.717, 1.165) is 11.3 Å². The summed E-state index contributed by atoms with van der Waals surface area (Å²) in [6.07, 6.45) is 2.27. The zero-order chi connectivity index (χ0) is 13.8. The van der Waals surface area contributed by atoms with E-state index in [1.165, 1.54) is 0 Å². The highest BCUT2D eigenvalue weighted by molar-refractivity contribution is 7.09. The van der Waals surface area contributed by atoms with Gasteiger partial charge in [-0.3, -0.25) is 9.59 Å². The molecule has 1 aromatic rings. The lowest BCUT2D eigenvalue weighted by Gasteiger charge is -2.15. The highest BCUT2D eigenvalue weighted by Crippen LogP contribution is 2.38. The van der Waals surface area contributed by atoms with Gasteiger partial charge in [-0.15, -0.1) is 11.3 Å². The maximum absolute atomic E-state index is 12.1. The third-order valence-corrected chi connectivity index (χ3v) is 4.78. The van der Waals surface area contributed by atoms with Crippen LogP contribution < -0.4 is 5.32 Å². The van der Waals surface area contributed by atoms with E-state index in [1.807, 2.05) is 17.5 Å². The monoisotopic (exact) mass is 281 g/mol. The minimum absolute atomic E-state index is 0.114. The van der Waals surface area contributed by atoms with E-state index in [1.54, 1.807) is 11.3 Å². The predicted octanol–water partition coefficient (Wildman–Crippen LogP) is 2.50. The lowest BCUT2D eigenvalue weighted by molar-refractivity contribution is -0.146.